The Kier molecular flexibility index (Phi) is 5.32. The zero-order valence-corrected chi connectivity index (χ0v) is 16.1. The third kappa shape index (κ3) is 4.41. The Labute approximate surface area is 163 Å². The molecule has 4 rings (SSSR count). The van der Waals surface area contributed by atoms with E-state index < -0.39 is 5.60 Å². The van der Waals surface area contributed by atoms with E-state index in [0.717, 1.165) is 48.2 Å². The van der Waals surface area contributed by atoms with Gasteiger partial charge in [0.1, 0.15) is 5.15 Å². The summed E-state index contributed by atoms with van der Waals surface area (Å²) in [5.41, 5.74) is 2.97. The Morgan fingerprint density at radius 3 is 2.56 bits per heavy atom. The van der Waals surface area contributed by atoms with Crippen molar-refractivity contribution in [2.24, 2.45) is 0 Å². The molecule has 2 fully saturated rings. The monoisotopic (exact) mass is 389 g/mol. The predicted molar refractivity (Wildman–Crippen MR) is 104 cm³/mol. The molecule has 0 unspecified atom stereocenters. The van der Waals surface area contributed by atoms with Gasteiger partial charge in [-0.3, -0.25) is 4.98 Å². The van der Waals surface area contributed by atoms with Crippen molar-refractivity contribution >= 4 is 17.3 Å². The minimum absolute atomic E-state index is 0.294. The van der Waals surface area contributed by atoms with Crippen molar-refractivity contribution < 1.29 is 14.6 Å². The number of nitrogens with zero attached hydrogens (tertiary/aromatic N) is 2. The maximum Gasteiger partial charge on any atom is 0.185 e. The van der Waals surface area contributed by atoms with Crippen LogP contribution in [-0.2, 0) is 9.47 Å². The van der Waals surface area contributed by atoms with Gasteiger partial charge in [0, 0.05) is 35.2 Å². The summed E-state index contributed by atoms with van der Waals surface area (Å²) in [7, 11) is 0. The zero-order chi connectivity index (χ0) is 18.9. The molecule has 2 N–H and O–H groups in total. The molecule has 0 amide bonds. The largest absolute Gasteiger partial charge is 0.390 e. The van der Waals surface area contributed by atoms with Crippen LogP contribution in [0.5, 0.6) is 0 Å². The number of aliphatic hydroxyl groups is 1. The highest BCUT2D eigenvalue weighted by Crippen LogP contribution is 2.34. The zero-order valence-electron chi connectivity index (χ0n) is 15.3. The summed E-state index contributed by atoms with van der Waals surface area (Å²) < 4.78 is 11.0. The molecule has 144 valence electrons. The van der Waals surface area contributed by atoms with Gasteiger partial charge in [0.25, 0.3) is 0 Å². The first-order chi connectivity index (χ1) is 13.0. The van der Waals surface area contributed by atoms with Crippen molar-refractivity contribution in [2.75, 3.05) is 18.5 Å². The summed E-state index contributed by atoms with van der Waals surface area (Å²) in [6, 6.07) is 6.04. The summed E-state index contributed by atoms with van der Waals surface area (Å²) in [5, 5.41) is 14.2. The van der Waals surface area contributed by atoms with E-state index in [1.54, 1.807) is 12.4 Å². The Bertz CT molecular complexity index is 782. The van der Waals surface area contributed by atoms with Crippen molar-refractivity contribution in [2.45, 2.75) is 50.5 Å². The summed E-state index contributed by atoms with van der Waals surface area (Å²) >= 11 is 6.13. The minimum Gasteiger partial charge on any atom is -0.390 e. The van der Waals surface area contributed by atoms with Crippen molar-refractivity contribution in [3.05, 3.63) is 41.3 Å². The van der Waals surface area contributed by atoms with Gasteiger partial charge in [-0.25, -0.2) is 4.98 Å². The molecule has 2 aliphatic rings. The average molecular weight is 390 g/mol. The second-order valence-electron chi connectivity index (χ2n) is 7.52. The Balaban J connectivity index is 1.54. The van der Waals surface area contributed by atoms with Crippen LogP contribution in [0.4, 0.5) is 5.69 Å². The number of hydrogen-bond acceptors (Lipinski definition) is 6. The van der Waals surface area contributed by atoms with Crippen LogP contribution < -0.4 is 5.32 Å². The van der Waals surface area contributed by atoms with Crippen LogP contribution >= 0.6 is 11.6 Å². The van der Waals surface area contributed by atoms with Gasteiger partial charge in [0.2, 0.25) is 0 Å². The fraction of sp³-hybridized carbons (Fsp3) is 0.500. The number of halogens is 1. The highest BCUT2D eigenvalue weighted by atomic mass is 35.5. The van der Waals surface area contributed by atoms with Crippen LogP contribution in [0.1, 0.15) is 44.5 Å². The fourth-order valence-corrected chi connectivity index (χ4v) is 3.77. The molecule has 6 nitrogen and oxygen atoms in total. The highest BCUT2D eigenvalue weighted by Gasteiger charge is 2.29. The first-order valence-corrected chi connectivity index (χ1v) is 9.72. The van der Waals surface area contributed by atoms with Crippen LogP contribution in [-0.4, -0.2) is 39.9 Å². The molecular weight excluding hydrogens is 366 g/mol. The lowest BCUT2D eigenvalue weighted by Gasteiger charge is -2.34. The lowest BCUT2D eigenvalue weighted by molar-refractivity contribution is -0.0443. The van der Waals surface area contributed by atoms with E-state index >= 15 is 0 Å². The smallest absolute Gasteiger partial charge is 0.185 e. The second kappa shape index (κ2) is 7.72. The van der Waals surface area contributed by atoms with Gasteiger partial charge in [0.05, 0.1) is 24.5 Å². The molecule has 1 aliphatic carbocycles. The Morgan fingerprint density at radius 1 is 1.15 bits per heavy atom. The summed E-state index contributed by atoms with van der Waals surface area (Å²) in [6.07, 6.45) is 6.59. The van der Waals surface area contributed by atoms with Crippen LogP contribution in [0, 0.1) is 0 Å². The van der Waals surface area contributed by atoms with Gasteiger partial charge in [-0.05, 0) is 44.7 Å². The lowest BCUT2D eigenvalue weighted by atomic mass is 9.83. The normalized spacial score (nSPS) is 26.3. The molecule has 1 aliphatic heterocycles. The number of anilines is 1. The SMILES string of the molecule is CC1(O)CCC(Nc2cc(Cl)ncc2-c2ccc(C3OCCO3)cn2)CC1. The van der Waals surface area contributed by atoms with Gasteiger partial charge < -0.3 is 19.9 Å². The number of nitrogens with one attached hydrogen (secondary N) is 1. The molecule has 2 aromatic heterocycles. The van der Waals surface area contributed by atoms with Crippen LogP contribution in [0.2, 0.25) is 5.15 Å². The first-order valence-electron chi connectivity index (χ1n) is 9.34. The van der Waals surface area contributed by atoms with E-state index in [0.29, 0.717) is 24.4 Å². The molecule has 1 saturated heterocycles. The van der Waals surface area contributed by atoms with Crippen LogP contribution in [0.25, 0.3) is 11.3 Å². The quantitative estimate of drug-likeness (QED) is 0.771. The number of aromatic nitrogens is 2. The second-order valence-corrected chi connectivity index (χ2v) is 7.91. The van der Waals surface area contributed by atoms with E-state index in [1.807, 2.05) is 25.1 Å². The third-order valence-corrected chi connectivity index (χ3v) is 5.46. The molecule has 2 aromatic rings. The number of pyridine rings is 2. The minimum atomic E-state index is -0.557. The molecule has 3 heterocycles. The molecule has 0 atom stereocenters. The third-order valence-electron chi connectivity index (χ3n) is 5.25. The van der Waals surface area contributed by atoms with Gasteiger partial charge in [-0.15, -0.1) is 0 Å². The maximum atomic E-state index is 10.2. The molecule has 0 radical (unpaired) electrons. The number of ether oxygens (including phenoxy) is 2. The van der Waals surface area contributed by atoms with Crippen molar-refractivity contribution in [1.29, 1.82) is 0 Å². The molecule has 7 heteroatoms. The van der Waals surface area contributed by atoms with Gasteiger partial charge in [0.15, 0.2) is 6.29 Å². The molecule has 0 aromatic carbocycles. The van der Waals surface area contributed by atoms with E-state index in [1.165, 1.54) is 0 Å². The summed E-state index contributed by atoms with van der Waals surface area (Å²) in [6.45, 7) is 3.12. The van der Waals surface area contributed by atoms with Gasteiger partial charge >= 0.3 is 0 Å². The van der Waals surface area contributed by atoms with E-state index in [4.69, 9.17) is 21.1 Å². The van der Waals surface area contributed by atoms with E-state index in [-0.39, 0.29) is 6.29 Å². The number of hydrogen-bond donors (Lipinski definition) is 2. The predicted octanol–water partition coefficient (Wildman–Crippen LogP) is 3.95. The number of rotatable bonds is 4. The Morgan fingerprint density at radius 2 is 1.89 bits per heavy atom. The van der Waals surface area contributed by atoms with Crippen LogP contribution in [0.3, 0.4) is 0 Å². The summed E-state index contributed by atoms with van der Waals surface area (Å²) in [5.74, 6) is 0. The molecule has 0 spiro atoms. The topological polar surface area (TPSA) is 76.5 Å². The standard InChI is InChI=1S/C20H24ClN3O3/c1-20(25)6-4-14(5-7-20)24-17-10-18(21)23-12-15(17)16-3-2-13(11-22-16)19-26-8-9-27-19/h2-3,10-12,14,19,25H,4-9H2,1H3,(H,23,24). The Hall–Kier alpha value is -1.73. The molecule has 0 bridgehead atoms. The van der Waals surface area contributed by atoms with Crippen molar-refractivity contribution in [3.63, 3.8) is 0 Å². The summed E-state index contributed by atoms with van der Waals surface area (Å²) in [4.78, 5) is 8.81. The van der Waals surface area contributed by atoms with Crippen molar-refractivity contribution in [1.82, 2.24) is 9.97 Å². The molecule has 1 saturated carbocycles. The van der Waals surface area contributed by atoms with Gasteiger partial charge in [-0.1, -0.05) is 17.7 Å². The van der Waals surface area contributed by atoms with E-state index in [2.05, 4.69) is 15.3 Å². The lowest BCUT2D eigenvalue weighted by Crippen LogP contribution is -2.35. The van der Waals surface area contributed by atoms with Gasteiger partial charge in [-0.2, -0.15) is 0 Å². The first kappa shape index (κ1) is 18.6. The average Bonchev–Trinajstić information content (AvgIpc) is 3.19. The van der Waals surface area contributed by atoms with Crippen molar-refractivity contribution in [3.8, 4) is 11.3 Å². The van der Waals surface area contributed by atoms with Crippen LogP contribution in [0.15, 0.2) is 30.6 Å². The maximum absolute atomic E-state index is 10.2. The molecular formula is C20H24ClN3O3. The molecule has 27 heavy (non-hydrogen) atoms. The highest BCUT2D eigenvalue weighted by molar-refractivity contribution is 6.29. The fourth-order valence-electron chi connectivity index (χ4n) is 3.61. The van der Waals surface area contributed by atoms with E-state index in [9.17, 15) is 5.11 Å².